The second-order valence-electron chi connectivity index (χ2n) is 2.63. The maximum absolute atomic E-state index is 3.96. The van der Waals surface area contributed by atoms with Crippen molar-refractivity contribution in [1.29, 1.82) is 0 Å². The van der Waals surface area contributed by atoms with Gasteiger partial charge in [-0.2, -0.15) is 0 Å². The molecular formula is C11H9NS. The van der Waals surface area contributed by atoms with E-state index in [-0.39, 0.29) is 0 Å². The van der Waals surface area contributed by atoms with Gasteiger partial charge in [-0.05, 0) is 35.2 Å². The van der Waals surface area contributed by atoms with E-state index in [0.717, 1.165) is 0 Å². The van der Waals surface area contributed by atoms with Crippen molar-refractivity contribution in [2.24, 2.45) is 0 Å². The molecule has 0 aliphatic carbocycles. The molecule has 0 spiro atoms. The third-order valence-electron chi connectivity index (χ3n) is 1.69. The van der Waals surface area contributed by atoms with Crippen LogP contribution >= 0.6 is 11.3 Å². The summed E-state index contributed by atoms with van der Waals surface area (Å²) in [5.74, 6) is 0. The quantitative estimate of drug-likeness (QED) is 0.702. The molecule has 0 saturated carbocycles. The van der Waals surface area contributed by atoms with Gasteiger partial charge in [0.05, 0.1) is 0 Å². The lowest BCUT2D eigenvalue weighted by molar-refractivity contribution is 1.32. The first-order valence-electron chi connectivity index (χ1n) is 4.07. The molecule has 2 rings (SSSR count). The van der Waals surface area contributed by atoms with Gasteiger partial charge in [-0.25, -0.2) is 0 Å². The van der Waals surface area contributed by atoms with Crippen molar-refractivity contribution in [3.05, 3.63) is 52.5 Å². The molecule has 1 nitrogen and oxygen atoms in total. The molecule has 2 heteroatoms. The third kappa shape index (κ3) is 2.26. The van der Waals surface area contributed by atoms with E-state index in [2.05, 4.69) is 34.6 Å². The summed E-state index contributed by atoms with van der Waals surface area (Å²) in [6.07, 6.45) is 7.80. The highest BCUT2D eigenvalue weighted by molar-refractivity contribution is 7.10. The van der Waals surface area contributed by atoms with Crippen LogP contribution in [0.1, 0.15) is 10.4 Å². The molecule has 0 saturated heterocycles. The molecule has 0 N–H and O–H groups in total. The van der Waals surface area contributed by atoms with Gasteiger partial charge in [-0.3, -0.25) is 4.98 Å². The lowest BCUT2D eigenvalue weighted by atomic mass is 10.2. The largest absolute Gasteiger partial charge is 0.265 e. The lowest BCUT2D eigenvalue weighted by Gasteiger charge is -1.89. The zero-order chi connectivity index (χ0) is 8.93. The number of rotatable bonds is 2. The minimum atomic E-state index is 1.18. The van der Waals surface area contributed by atoms with Crippen molar-refractivity contribution in [2.45, 2.75) is 0 Å². The predicted molar refractivity (Wildman–Crippen MR) is 57.5 cm³/mol. The Balaban J connectivity index is 2.15. The summed E-state index contributed by atoms with van der Waals surface area (Å²) in [6, 6.07) is 8.13. The van der Waals surface area contributed by atoms with Gasteiger partial charge in [0.2, 0.25) is 0 Å². The molecule has 0 aromatic carbocycles. The summed E-state index contributed by atoms with van der Waals surface area (Å²) >= 11 is 1.74. The summed E-state index contributed by atoms with van der Waals surface area (Å²) < 4.78 is 0. The van der Waals surface area contributed by atoms with Gasteiger partial charge in [0.1, 0.15) is 0 Å². The Morgan fingerprint density at radius 2 is 1.92 bits per heavy atom. The Bertz CT molecular complexity index is 376. The first kappa shape index (κ1) is 8.20. The van der Waals surface area contributed by atoms with E-state index in [9.17, 15) is 0 Å². The highest BCUT2D eigenvalue weighted by Gasteiger charge is 1.86. The van der Waals surface area contributed by atoms with Crippen molar-refractivity contribution < 1.29 is 0 Å². The number of hydrogen-bond acceptors (Lipinski definition) is 2. The van der Waals surface area contributed by atoms with Crippen molar-refractivity contribution in [1.82, 2.24) is 4.98 Å². The van der Waals surface area contributed by atoms with E-state index in [0.29, 0.717) is 0 Å². The van der Waals surface area contributed by atoms with Crippen LogP contribution < -0.4 is 0 Å². The van der Waals surface area contributed by atoms with Crippen LogP contribution in [-0.2, 0) is 0 Å². The molecule has 0 aliphatic rings. The third-order valence-corrected chi connectivity index (χ3v) is 2.53. The molecule has 0 radical (unpaired) electrons. The van der Waals surface area contributed by atoms with E-state index in [4.69, 9.17) is 0 Å². The standard InChI is InChI=1S/C11H9NS/c1-2-11(13-9-1)4-3-10-5-7-12-8-6-10/h1-9H. The molecule has 0 fully saturated rings. The first-order chi connectivity index (χ1) is 6.45. The van der Waals surface area contributed by atoms with E-state index < -0.39 is 0 Å². The smallest absolute Gasteiger partial charge is 0.0273 e. The topological polar surface area (TPSA) is 12.9 Å². The van der Waals surface area contributed by atoms with Gasteiger partial charge < -0.3 is 0 Å². The molecule has 2 aromatic heterocycles. The molecular weight excluding hydrogens is 178 g/mol. The summed E-state index contributed by atoms with van der Waals surface area (Å²) in [7, 11) is 0. The van der Waals surface area contributed by atoms with Crippen LogP contribution in [0.5, 0.6) is 0 Å². The highest BCUT2D eigenvalue weighted by Crippen LogP contribution is 2.12. The van der Waals surface area contributed by atoms with Crippen LogP contribution in [0.3, 0.4) is 0 Å². The van der Waals surface area contributed by atoms with E-state index in [1.807, 2.05) is 12.1 Å². The van der Waals surface area contributed by atoms with Gasteiger partial charge in [0.15, 0.2) is 0 Å². The van der Waals surface area contributed by atoms with Crippen molar-refractivity contribution in [3.8, 4) is 0 Å². The first-order valence-corrected chi connectivity index (χ1v) is 4.95. The summed E-state index contributed by atoms with van der Waals surface area (Å²) in [6.45, 7) is 0. The fraction of sp³-hybridized carbons (Fsp3) is 0. The zero-order valence-electron chi connectivity index (χ0n) is 7.05. The van der Waals surface area contributed by atoms with Crippen molar-refractivity contribution >= 4 is 23.5 Å². The Morgan fingerprint density at radius 3 is 2.62 bits per heavy atom. The van der Waals surface area contributed by atoms with Crippen LogP contribution in [0, 0.1) is 0 Å². The SMILES string of the molecule is C(=Cc1cccs1)c1ccncc1. The van der Waals surface area contributed by atoms with Crippen molar-refractivity contribution in [3.63, 3.8) is 0 Å². The van der Waals surface area contributed by atoms with Crippen LogP contribution in [0.4, 0.5) is 0 Å². The Morgan fingerprint density at radius 1 is 1.08 bits per heavy atom. The van der Waals surface area contributed by atoms with E-state index >= 15 is 0 Å². The molecule has 0 bridgehead atoms. The van der Waals surface area contributed by atoms with E-state index in [1.54, 1.807) is 23.7 Å². The van der Waals surface area contributed by atoms with Crippen LogP contribution in [0.25, 0.3) is 12.2 Å². The lowest BCUT2D eigenvalue weighted by Crippen LogP contribution is -1.71. The van der Waals surface area contributed by atoms with Crippen LogP contribution in [-0.4, -0.2) is 4.98 Å². The maximum atomic E-state index is 3.96. The number of aromatic nitrogens is 1. The average Bonchev–Trinajstić information content (AvgIpc) is 2.69. The van der Waals surface area contributed by atoms with E-state index in [1.165, 1.54) is 10.4 Å². The van der Waals surface area contributed by atoms with Gasteiger partial charge in [0, 0.05) is 17.3 Å². The van der Waals surface area contributed by atoms with Gasteiger partial charge >= 0.3 is 0 Å². The van der Waals surface area contributed by atoms with Gasteiger partial charge in [0.25, 0.3) is 0 Å². The molecule has 0 aliphatic heterocycles. The fourth-order valence-corrected chi connectivity index (χ4v) is 1.66. The second-order valence-corrected chi connectivity index (χ2v) is 3.61. The maximum Gasteiger partial charge on any atom is 0.0273 e. The Hall–Kier alpha value is -1.41. The normalized spacial score (nSPS) is 10.8. The predicted octanol–water partition coefficient (Wildman–Crippen LogP) is 3.31. The number of thiophene rings is 1. The van der Waals surface area contributed by atoms with Crippen LogP contribution in [0.15, 0.2) is 42.0 Å². The Labute approximate surface area is 81.4 Å². The molecule has 64 valence electrons. The fourth-order valence-electron chi connectivity index (χ4n) is 1.04. The van der Waals surface area contributed by atoms with Gasteiger partial charge in [-0.15, -0.1) is 11.3 Å². The number of hydrogen-bond donors (Lipinski definition) is 0. The molecule has 0 amide bonds. The second kappa shape index (κ2) is 4.01. The highest BCUT2D eigenvalue weighted by atomic mass is 32.1. The molecule has 0 atom stereocenters. The summed E-state index contributed by atoms with van der Waals surface area (Å²) in [4.78, 5) is 5.23. The zero-order valence-corrected chi connectivity index (χ0v) is 7.87. The minimum absolute atomic E-state index is 1.18. The molecule has 2 aromatic rings. The van der Waals surface area contributed by atoms with Crippen LogP contribution in [0.2, 0.25) is 0 Å². The minimum Gasteiger partial charge on any atom is -0.265 e. The number of pyridine rings is 1. The average molecular weight is 187 g/mol. The Kier molecular flexibility index (Phi) is 2.53. The van der Waals surface area contributed by atoms with Crippen molar-refractivity contribution in [2.75, 3.05) is 0 Å². The van der Waals surface area contributed by atoms with Gasteiger partial charge in [-0.1, -0.05) is 12.1 Å². The summed E-state index contributed by atoms with van der Waals surface area (Å²) in [5.41, 5.74) is 1.18. The molecule has 2 heterocycles. The monoisotopic (exact) mass is 187 g/mol. The number of nitrogens with zero attached hydrogens (tertiary/aromatic N) is 1. The molecule has 13 heavy (non-hydrogen) atoms. The summed E-state index contributed by atoms with van der Waals surface area (Å²) in [5, 5.41) is 2.08. The molecule has 0 unspecified atom stereocenters.